The number of esters is 1. The van der Waals surface area contributed by atoms with Crippen LogP contribution in [0.15, 0.2) is 60.7 Å². The second kappa shape index (κ2) is 6.59. The molecule has 1 amide bonds. The molecule has 0 N–H and O–H groups in total. The number of amides is 1. The van der Waals surface area contributed by atoms with Crippen LogP contribution in [0.2, 0.25) is 0 Å². The Bertz CT molecular complexity index is 999. The third-order valence-electron chi connectivity index (χ3n) is 4.59. The van der Waals surface area contributed by atoms with E-state index in [0.29, 0.717) is 6.54 Å². The zero-order valence-electron chi connectivity index (χ0n) is 14.4. The van der Waals surface area contributed by atoms with E-state index in [2.05, 4.69) is 4.98 Å². The lowest BCUT2D eigenvalue weighted by Crippen LogP contribution is -2.39. The van der Waals surface area contributed by atoms with Crippen LogP contribution < -0.4 is 4.90 Å². The molecule has 0 aliphatic carbocycles. The van der Waals surface area contributed by atoms with Crippen LogP contribution in [-0.4, -0.2) is 29.5 Å². The minimum atomic E-state index is -0.873. The van der Waals surface area contributed by atoms with Gasteiger partial charge in [-0.1, -0.05) is 42.5 Å². The summed E-state index contributed by atoms with van der Waals surface area (Å²) in [6, 6.07) is 18.8. The zero-order chi connectivity index (χ0) is 18.1. The fourth-order valence-electron chi connectivity index (χ4n) is 3.24. The van der Waals surface area contributed by atoms with Crippen LogP contribution in [0, 0.1) is 0 Å². The summed E-state index contributed by atoms with van der Waals surface area (Å²) in [6.45, 7) is 2.20. The first-order chi connectivity index (χ1) is 12.6. The highest BCUT2D eigenvalue weighted by atomic mass is 16.5. The summed E-state index contributed by atoms with van der Waals surface area (Å²) >= 11 is 0. The van der Waals surface area contributed by atoms with E-state index in [0.717, 1.165) is 28.6 Å². The van der Waals surface area contributed by atoms with Gasteiger partial charge >= 0.3 is 5.97 Å². The van der Waals surface area contributed by atoms with Crippen molar-refractivity contribution in [3.8, 4) is 0 Å². The molecule has 0 saturated carbocycles. The molecule has 0 saturated heterocycles. The minimum Gasteiger partial charge on any atom is -0.448 e. The summed E-state index contributed by atoms with van der Waals surface area (Å²) in [5.74, 6) is -0.812. The molecule has 130 valence electrons. The van der Waals surface area contributed by atoms with Gasteiger partial charge in [0.1, 0.15) is 5.69 Å². The quantitative estimate of drug-likeness (QED) is 0.682. The topological polar surface area (TPSA) is 59.5 Å². The Morgan fingerprint density at radius 3 is 2.69 bits per heavy atom. The molecule has 1 aliphatic heterocycles. The number of para-hydroxylation sites is 2. The van der Waals surface area contributed by atoms with Gasteiger partial charge in [-0.3, -0.25) is 4.79 Å². The van der Waals surface area contributed by atoms with Crippen molar-refractivity contribution < 1.29 is 14.3 Å². The minimum absolute atomic E-state index is 0.199. The Morgan fingerprint density at radius 2 is 1.81 bits per heavy atom. The fraction of sp³-hybridized carbons (Fsp3) is 0.190. The van der Waals surface area contributed by atoms with E-state index in [1.165, 1.54) is 0 Å². The molecular weight excluding hydrogens is 328 g/mol. The zero-order valence-corrected chi connectivity index (χ0v) is 14.4. The number of nitrogens with zero attached hydrogens (tertiary/aromatic N) is 2. The fourth-order valence-corrected chi connectivity index (χ4v) is 3.24. The highest BCUT2D eigenvalue weighted by molar-refractivity contribution is 6.00. The van der Waals surface area contributed by atoms with Crippen molar-refractivity contribution in [1.82, 2.24) is 4.98 Å². The average molecular weight is 346 g/mol. The van der Waals surface area contributed by atoms with Gasteiger partial charge in [0, 0.05) is 17.6 Å². The maximum Gasteiger partial charge on any atom is 0.357 e. The van der Waals surface area contributed by atoms with Crippen molar-refractivity contribution in [2.45, 2.75) is 19.4 Å². The number of benzene rings is 2. The Morgan fingerprint density at radius 1 is 1.04 bits per heavy atom. The summed E-state index contributed by atoms with van der Waals surface area (Å²) in [5, 5.41) is 0.946. The molecule has 26 heavy (non-hydrogen) atoms. The van der Waals surface area contributed by atoms with Crippen molar-refractivity contribution in [3.05, 3.63) is 71.9 Å². The first-order valence-electron chi connectivity index (χ1n) is 8.59. The average Bonchev–Trinajstić information content (AvgIpc) is 3.11. The number of hydrogen-bond acceptors (Lipinski definition) is 4. The van der Waals surface area contributed by atoms with E-state index in [4.69, 9.17) is 4.74 Å². The number of rotatable bonds is 3. The molecule has 4 rings (SSSR count). The molecule has 2 heterocycles. The molecule has 0 fully saturated rings. The molecule has 1 aromatic heterocycles. The number of pyridine rings is 1. The predicted octanol–water partition coefficient (Wildman–Crippen LogP) is 3.37. The van der Waals surface area contributed by atoms with Gasteiger partial charge in [-0.25, -0.2) is 9.78 Å². The standard InChI is InChI=1S/C21H18N2O3/c1-14(20(24)23-13-12-16-7-3-5-9-19(16)23)26-21(25)18-11-10-15-6-2-4-8-17(15)22-18/h2-11,14H,12-13H2,1H3. The Balaban J connectivity index is 1.49. The third kappa shape index (κ3) is 2.92. The molecule has 1 aliphatic rings. The van der Waals surface area contributed by atoms with Gasteiger partial charge in [0.25, 0.3) is 5.91 Å². The summed E-state index contributed by atoms with van der Waals surface area (Å²) in [5.41, 5.74) is 2.94. The molecule has 1 atom stereocenters. The largest absolute Gasteiger partial charge is 0.448 e. The lowest BCUT2D eigenvalue weighted by Gasteiger charge is -2.21. The number of anilines is 1. The molecule has 3 aromatic rings. The van der Waals surface area contributed by atoms with Gasteiger partial charge in [0.15, 0.2) is 6.10 Å². The number of ether oxygens (including phenoxy) is 1. The molecule has 2 aromatic carbocycles. The highest BCUT2D eigenvalue weighted by Gasteiger charge is 2.30. The predicted molar refractivity (Wildman–Crippen MR) is 99.1 cm³/mol. The second-order valence-electron chi connectivity index (χ2n) is 6.31. The number of aromatic nitrogens is 1. The molecule has 1 unspecified atom stereocenters. The highest BCUT2D eigenvalue weighted by Crippen LogP contribution is 2.28. The van der Waals surface area contributed by atoms with Gasteiger partial charge < -0.3 is 9.64 Å². The number of carbonyl (C=O) groups is 2. The van der Waals surface area contributed by atoms with E-state index >= 15 is 0 Å². The van der Waals surface area contributed by atoms with Gasteiger partial charge in [-0.2, -0.15) is 0 Å². The van der Waals surface area contributed by atoms with Crippen molar-refractivity contribution >= 4 is 28.5 Å². The van der Waals surface area contributed by atoms with Gasteiger partial charge in [0.05, 0.1) is 5.52 Å². The maximum absolute atomic E-state index is 12.7. The van der Waals surface area contributed by atoms with E-state index in [9.17, 15) is 9.59 Å². The van der Waals surface area contributed by atoms with Crippen LogP contribution in [0.3, 0.4) is 0 Å². The lowest BCUT2D eigenvalue weighted by molar-refractivity contribution is -0.126. The van der Waals surface area contributed by atoms with Crippen molar-refractivity contribution in [1.29, 1.82) is 0 Å². The van der Waals surface area contributed by atoms with Crippen molar-refractivity contribution in [2.75, 3.05) is 11.4 Å². The van der Waals surface area contributed by atoms with E-state index in [1.807, 2.05) is 54.6 Å². The van der Waals surface area contributed by atoms with E-state index in [-0.39, 0.29) is 11.6 Å². The van der Waals surface area contributed by atoms with Crippen LogP contribution in [0.5, 0.6) is 0 Å². The van der Waals surface area contributed by atoms with Gasteiger partial charge in [-0.15, -0.1) is 0 Å². The third-order valence-corrected chi connectivity index (χ3v) is 4.59. The van der Waals surface area contributed by atoms with Crippen molar-refractivity contribution in [3.63, 3.8) is 0 Å². The van der Waals surface area contributed by atoms with Crippen LogP contribution in [0.1, 0.15) is 23.0 Å². The first kappa shape index (κ1) is 16.3. The Kier molecular flexibility index (Phi) is 4.13. The van der Waals surface area contributed by atoms with E-state index < -0.39 is 12.1 Å². The summed E-state index contributed by atoms with van der Waals surface area (Å²) in [7, 11) is 0. The monoisotopic (exact) mass is 346 g/mol. The Labute approximate surface area is 151 Å². The number of fused-ring (bicyclic) bond motifs is 2. The lowest BCUT2D eigenvalue weighted by atomic mass is 10.2. The van der Waals surface area contributed by atoms with Crippen LogP contribution >= 0.6 is 0 Å². The SMILES string of the molecule is CC(OC(=O)c1ccc2ccccc2n1)C(=O)N1CCc2ccccc21. The molecular formula is C21H18N2O3. The molecule has 5 heteroatoms. The Hall–Kier alpha value is -3.21. The van der Waals surface area contributed by atoms with Crippen LogP contribution in [0.25, 0.3) is 10.9 Å². The van der Waals surface area contributed by atoms with Crippen LogP contribution in [0.4, 0.5) is 5.69 Å². The summed E-state index contributed by atoms with van der Waals surface area (Å²) < 4.78 is 5.38. The molecule has 0 spiro atoms. The van der Waals surface area contributed by atoms with E-state index in [1.54, 1.807) is 17.9 Å². The number of hydrogen-bond donors (Lipinski definition) is 0. The maximum atomic E-state index is 12.7. The molecule has 5 nitrogen and oxygen atoms in total. The normalized spacial score (nSPS) is 14.1. The smallest absolute Gasteiger partial charge is 0.357 e. The van der Waals surface area contributed by atoms with Gasteiger partial charge in [0.2, 0.25) is 0 Å². The number of carbonyl (C=O) groups excluding carboxylic acids is 2. The van der Waals surface area contributed by atoms with Crippen molar-refractivity contribution in [2.24, 2.45) is 0 Å². The molecule has 0 bridgehead atoms. The summed E-state index contributed by atoms with van der Waals surface area (Å²) in [4.78, 5) is 31.1. The first-order valence-corrected chi connectivity index (χ1v) is 8.59. The second-order valence-corrected chi connectivity index (χ2v) is 6.31. The molecule has 0 radical (unpaired) electrons. The van der Waals surface area contributed by atoms with Crippen LogP contribution in [-0.2, 0) is 16.0 Å². The summed E-state index contributed by atoms with van der Waals surface area (Å²) in [6.07, 6.45) is -0.0589. The van der Waals surface area contributed by atoms with Gasteiger partial charge in [-0.05, 0) is 37.1 Å².